The van der Waals surface area contributed by atoms with Crippen molar-refractivity contribution in [2.45, 2.75) is 19.3 Å². The van der Waals surface area contributed by atoms with Crippen molar-refractivity contribution in [3.63, 3.8) is 0 Å². The first-order valence-electron chi connectivity index (χ1n) is 8.73. The number of amides is 3. The Bertz CT molecular complexity index is 832. The molecule has 1 N–H and O–H groups in total. The summed E-state index contributed by atoms with van der Waals surface area (Å²) in [7, 11) is 0. The topological polar surface area (TPSA) is 66.5 Å². The van der Waals surface area contributed by atoms with Crippen molar-refractivity contribution < 1.29 is 14.4 Å². The minimum Gasteiger partial charge on any atom is -0.354 e. The predicted octanol–water partition coefficient (Wildman–Crippen LogP) is 3.92. The highest BCUT2D eigenvalue weighted by molar-refractivity contribution is 8.18. The quantitative estimate of drug-likeness (QED) is 0.682. The number of aryl methyl sites for hydroxylation is 1. The molecule has 3 rings (SSSR count). The van der Waals surface area contributed by atoms with Crippen molar-refractivity contribution in [3.05, 3.63) is 63.2 Å². The third-order valence-corrected chi connectivity index (χ3v) is 5.88. The molecule has 1 aliphatic rings. The van der Waals surface area contributed by atoms with Gasteiger partial charge in [0, 0.05) is 24.4 Å². The number of imide groups is 1. The Kier molecular flexibility index (Phi) is 6.84. The number of benzene rings is 1. The zero-order valence-electron chi connectivity index (χ0n) is 14.7. The Balaban J connectivity index is 1.42. The SMILES string of the molecule is O=C(CCCc1cccs1)NCCN1C(=O)S/C(=C/c2ccccc2)C1=O. The van der Waals surface area contributed by atoms with Crippen LogP contribution in [0.15, 0.2) is 52.7 Å². The van der Waals surface area contributed by atoms with Gasteiger partial charge in [0.05, 0.1) is 4.91 Å². The molecule has 7 heteroatoms. The second-order valence-corrected chi connectivity index (χ2v) is 8.05. The van der Waals surface area contributed by atoms with E-state index in [-0.39, 0.29) is 30.1 Å². The van der Waals surface area contributed by atoms with E-state index in [1.807, 2.05) is 41.8 Å². The maximum absolute atomic E-state index is 12.4. The first kappa shape index (κ1) is 19.4. The molecule has 0 atom stereocenters. The number of hydrogen-bond acceptors (Lipinski definition) is 5. The van der Waals surface area contributed by atoms with Crippen LogP contribution in [-0.4, -0.2) is 35.0 Å². The first-order chi connectivity index (χ1) is 13.1. The fourth-order valence-corrected chi connectivity index (χ4v) is 4.28. The fourth-order valence-electron chi connectivity index (χ4n) is 2.67. The number of hydrogen-bond donors (Lipinski definition) is 1. The summed E-state index contributed by atoms with van der Waals surface area (Å²) in [5, 5.41) is 4.51. The Morgan fingerprint density at radius 1 is 1.11 bits per heavy atom. The molecule has 1 fully saturated rings. The van der Waals surface area contributed by atoms with Crippen molar-refractivity contribution in [3.8, 4) is 0 Å². The maximum Gasteiger partial charge on any atom is 0.293 e. The minimum absolute atomic E-state index is 0.0571. The van der Waals surface area contributed by atoms with Crippen LogP contribution >= 0.6 is 23.1 Å². The number of thioether (sulfide) groups is 1. The summed E-state index contributed by atoms with van der Waals surface area (Å²) in [4.78, 5) is 39.3. The second-order valence-electron chi connectivity index (χ2n) is 6.03. The lowest BCUT2D eigenvalue weighted by Gasteiger charge is -2.13. The van der Waals surface area contributed by atoms with E-state index in [1.165, 1.54) is 9.78 Å². The van der Waals surface area contributed by atoms with Crippen LogP contribution in [0.4, 0.5) is 4.79 Å². The molecule has 2 aromatic rings. The molecular formula is C20H20N2O3S2. The van der Waals surface area contributed by atoms with Gasteiger partial charge in [-0.3, -0.25) is 19.3 Å². The van der Waals surface area contributed by atoms with E-state index < -0.39 is 0 Å². The van der Waals surface area contributed by atoms with Crippen molar-refractivity contribution in [1.82, 2.24) is 10.2 Å². The molecule has 0 saturated carbocycles. The van der Waals surface area contributed by atoms with Gasteiger partial charge in [0.1, 0.15) is 0 Å². The summed E-state index contributed by atoms with van der Waals surface area (Å²) in [6.07, 6.45) is 3.83. The summed E-state index contributed by atoms with van der Waals surface area (Å²) in [6.45, 7) is 0.460. The smallest absolute Gasteiger partial charge is 0.293 e. The summed E-state index contributed by atoms with van der Waals surface area (Å²) in [5.74, 6) is -0.362. The molecule has 1 aromatic carbocycles. The van der Waals surface area contributed by atoms with Gasteiger partial charge in [-0.15, -0.1) is 11.3 Å². The largest absolute Gasteiger partial charge is 0.354 e. The third kappa shape index (κ3) is 5.55. The minimum atomic E-state index is -0.305. The molecule has 3 amide bonds. The maximum atomic E-state index is 12.4. The average molecular weight is 401 g/mol. The molecule has 0 radical (unpaired) electrons. The van der Waals surface area contributed by atoms with E-state index in [2.05, 4.69) is 11.4 Å². The average Bonchev–Trinajstić information content (AvgIpc) is 3.26. The van der Waals surface area contributed by atoms with Gasteiger partial charge < -0.3 is 5.32 Å². The van der Waals surface area contributed by atoms with E-state index in [0.717, 1.165) is 30.2 Å². The molecule has 0 bridgehead atoms. The van der Waals surface area contributed by atoms with Crippen LogP contribution in [0.25, 0.3) is 6.08 Å². The number of nitrogens with one attached hydrogen (secondary N) is 1. The van der Waals surface area contributed by atoms with Gasteiger partial charge in [0.15, 0.2) is 0 Å². The van der Waals surface area contributed by atoms with Gasteiger partial charge in [-0.25, -0.2) is 0 Å². The van der Waals surface area contributed by atoms with Crippen molar-refractivity contribution in [1.29, 1.82) is 0 Å². The van der Waals surface area contributed by atoms with E-state index in [1.54, 1.807) is 17.4 Å². The van der Waals surface area contributed by atoms with E-state index in [9.17, 15) is 14.4 Å². The molecule has 2 heterocycles. The van der Waals surface area contributed by atoms with Gasteiger partial charge in [-0.05, 0) is 47.7 Å². The number of carbonyl (C=O) groups is 3. The van der Waals surface area contributed by atoms with Gasteiger partial charge in [0.25, 0.3) is 11.1 Å². The van der Waals surface area contributed by atoms with Crippen molar-refractivity contribution in [2.24, 2.45) is 0 Å². The predicted molar refractivity (Wildman–Crippen MR) is 109 cm³/mol. The molecular weight excluding hydrogens is 380 g/mol. The summed E-state index contributed by atoms with van der Waals surface area (Å²) >= 11 is 2.62. The Morgan fingerprint density at radius 3 is 2.67 bits per heavy atom. The molecule has 0 aliphatic carbocycles. The molecule has 0 unspecified atom stereocenters. The normalized spacial score (nSPS) is 15.6. The highest BCUT2D eigenvalue weighted by Gasteiger charge is 2.34. The Labute approximate surface area is 166 Å². The zero-order chi connectivity index (χ0) is 19.1. The molecule has 140 valence electrons. The second kappa shape index (κ2) is 9.53. The highest BCUT2D eigenvalue weighted by atomic mass is 32.2. The van der Waals surface area contributed by atoms with Crippen LogP contribution in [0, 0.1) is 0 Å². The van der Waals surface area contributed by atoms with Crippen LogP contribution < -0.4 is 5.32 Å². The van der Waals surface area contributed by atoms with Crippen LogP contribution in [-0.2, 0) is 16.0 Å². The molecule has 1 aliphatic heterocycles. The van der Waals surface area contributed by atoms with E-state index in [0.29, 0.717) is 11.3 Å². The molecule has 0 spiro atoms. The zero-order valence-corrected chi connectivity index (χ0v) is 16.4. The molecule has 5 nitrogen and oxygen atoms in total. The standard InChI is InChI=1S/C20H20N2O3S2/c23-18(10-4-8-16-9-5-13-26-16)21-11-12-22-19(24)17(27-20(22)25)14-15-6-2-1-3-7-15/h1-3,5-7,9,13-14H,4,8,10-12H2,(H,21,23)/b17-14+. The summed E-state index contributed by atoms with van der Waals surface area (Å²) in [5.41, 5.74) is 0.877. The van der Waals surface area contributed by atoms with Crippen molar-refractivity contribution >= 4 is 46.2 Å². The van der Waals surface area contributed by atoms with Crippen LogP contribution in [0.1, 0.15) is 23.3 Å². The number of rotatable bonds is 8. The fraction of sp³-hybridized carbons (Fsp3) is 0.250. The van der Waals surface area contributed by atoms with Gasteiger partial charge in [-0.2, -0.15) is 0 Å². The van der Waals surface area contributed by atoms with Crippen molar-refractivity contribution in [2.75, 3.05) is 13.1 Å². The summed E-state index contributed by atoms with van der Waals surface area (Å²) < 4.78 is 0. The van der Waals surface area contributed by atoms with E-state index >= 15 is 0 Å². The van der Waals surface area contributed by atoms with Crippen LogP contribution in [0.5, 0.6) is 0 Å². The van der Waals surface area contributed by atoms with Gasteiger partial charge >= 0.3 is 0 Å². The number of carbonyl (C=O) groups excluding carboxylic acids is 3. The molecule has 27 heavy (non-hydrogen) atoms. The lowest BCUT2D eigenvalue weighted by molar-refractivity contribution is -0.124. The summed E-state index contributed by atoms with van der Waals surface area (Å²) in [6, 6.07) is 13.5. The van der Waals surface area contributed by atoms with Crippen LogP contribution in [0.3, 0.4) is 0 Å². The Hall–Kier alpha value is -2.38. The van der Waals surface area contributed by atoms with E-state index in [4.69, 9.17) is 0 Å². The van der Waals surface area contributed by atoms with Crippen LogP contribution in [0.2, 0.25) is 0 Å². The van der Waals surface area contributed by atoms with Gasteiger partial charge in [0.2, 0.25) is 5.91 Å². The highest BCUT2D eigenvalue weighted by Crippen LogP contribution is 2.31. The lowest BCUT2D eigenvalue weighted by Crippen LogP contribution is -2.37. The number of nitrogens with zero attached hydrogens (tertiary/aromatic N) is 1. The third-order valence-electron chi connectivity index (χ3n) is 4.04. The van der Waals surface area contributed by atoms with Gasteiger partial charge in [-0.1, -0.05) is 36.4 Å². The first-order valence-corrected chi connectivity index (χ1v) is 10.4. The lowest BCUT2D eigenvalue weighted by atomic mass is 10.2. The Morgan fingerprint density at radius 2 is 1.93 bits per heavy atom. The molecule has 1 saturated heterocycles. The monoisotopic (exact) mass is 400 g/mol. The number of thiophene rings is 1. The molecule has 1 aromatic heterocycles.